The third kappa shape index (κ3) is 3.57. The van der Waals surface area contributed by atoms with E-state index in [0.29, 0.717) is 6.54 Å². The molecule has 0 spiro atoms. The molecular weight excluding hydrogens is 324 g/mol. The van der Waals surface area contributed by atoms with Crippen molar-refractivity contribution in [3.05, 3.63) is 18.3 Å². The molecule has 0 radical (unpaired) electrons. The van der Waals surface area contributed by atoms with Crippen molar-refractivity contribution in [2.24, 2.45) is 0 Å². The van der Waals surface area contributed by atoms with Gasteiger partial charge in [-0.3, -0.25) is 9.59 Å². The van der Waals surface area contributed by atoms with E-state index < -0.39 is 0 Å². The molecule has 1 aromatic rings. The summed E-state index contributed by atoms with van der Waals surface area (Å²) in [6.45, 7) is 5.99. The Kier molecular flexibility index (Phi) is 5.40. The van der Waals surface area contributed by atoms with Crippen molar-refractivity contribution >= 4 is 29.3 Å². The monoisotopic (exact) mass is 348 g/mol. The van der Waals surface area contributed by atoms with E-state index in [-0.39, 0.29) is 23.5 Å². The molecule has 0 N–H and O–H groups in total. The van der Waals surface area contributed by atoms with Gasteiger partial charge in [-0.15, -0.1) is 0 Å². The lowest BCUT2D eigenvalue weighted by atomic mass is 10.2. The van der Waals surface area contributed by atoms with Crippen molar-refractivity contribution in [1.82, 2.24) is 14.8 Å². The fraction of sp³-hybridized carbons (Fsp3) is 0.588. The van der Waals surface area contributed by atoms with Gasteiger partial charge in [0.25, 0.3) is 0 Å². The molecule has 1 aromatic heterocycles. The maximum absolute atomic E-state index is 12.8. The summed E-state index contributed by atoms with van der Waals surface area (Å²) < 4.78 is 0. The number of pyridine rings is 1. The Morgan fingerprint density at radius 3 is 2.79 bits per heavy atom. The third-order valence-electron chi connectivity index (χ3n) is 4.50. The molecular formula is C17H24N4O2S. The van der Waals surface area contributed by atoms with E-state index in [4.69, 9.17) is 0 Å². The summed E-state index contributed by atoms with van der Waals surface area (Å²) in [4.78, 5) is 35.7. The molecule has 0 aliphatic carbocycles. The van der Waals surface area contributed by atoms with Crippen molar-refractivity contribution in [3.8, 4) is 0 Å². The number of hydrogen-bond donors (Lipinski definition) is 0. The van der Waals surface area contributed by atoms with Crippen LogP contribution in [-0.2, 0) is 9.59 Å². The molecule has 0 bridgehead atoms. The van der Waals surface area contributed by atoms with Crippen LogP contribution in [0.25, 0.3) is 0 Å². The van der Waals surface area contributed by atoms with Gasteiger partial charge in [0, 0.05) is 45.3 Å². The Labute approximate surface area is 147 Å². The minimum Gasteiger partial charge on any atom is -0.340 e. The molecule has 2 aliphatic heterocycles. The Balaban J connectivity index is 1.72. The summed E-state index contributed by atoms with van der Waals surface area (Å²) >= 11 is 1.43. The minimum absolute atomic E-state index is 0.0322. The van der Waals surface area contributed by atoms with E-state index in [1.807, 2.05) is 17.0 Å². The minimum atomic E-state index is -0.369. The average molecular weight is 348 g/mol. The van der Waals surface area contributed by atoms with Crippen molar-refractivity contribution in [2.45, 2.75) is 30.0 Å². The standard InChI is InChI=1S/C17H24N4O2S/c1-3-7-21-13-5-4-6-18-16(13)24-14(17(21)23)12-15(22)20-10-8-19(2)9-11-20/h4-6,14H,3,7-12H2,1-2H3. The van der Waals surface area contributed by atoms with Gasteiger partial charge in [0.15, 0.2) is 0 Å². The summed E-state index contributed by atoms with van der Waals surface area (Å²) in [7, 11) is 2.06. The highest BCUT2D eigenvalue weighted by atomic mass is 32.2. The van der Waals surface area contributed by atoms with Crippen LogP contribution in [-0.4, -0.2) is 71.6 Å². The van der Waals surface area contributed by atoms with E-state index in [2.05, 4.69) is 23.9 Å². The number of carbonyl (C=O) groups excluding carboxylic acids is 2. The highest BCUT2D eigenvalue weighted by Crippen LogP contribution is 2.38. The Hall–Kier alpha value is -1.60. The quantitative estimate of drug-likeness (QED) is 0.825. The second-order valence-corrected chi connectivity index (χ2v) is 7.50. The van der Waals surface area contributed by atoms with Gasteiger partial charge in [0.1, 0.15) is 5.03 Å². The highest BCUT2D eigenvalue weighted by Gasteiger charge is 2.36. The molecule has 1 atom stereocenters. The van der Waals surface area contributed by atoms with Crippen molar-refractivity contribution in [3.63, 3.8) is 0 Å². The first-order valence-electron chi connectivity index (χ1n) is 8.49. The Morgan fingerprint density at radius 2 is 2.08 bits per heavy atom. The van der Waals surface area contributed by atoms with Crippen LogP contribution in [0.5, 0.6) is 0 Å². The molecule has 130 valence electrons. The number of piperazine rings is 1. The average Bonchev–Trinajstić information content (AvgIpc) is 2.59. The van der Waals surface area contributed by atoms with Crippen LogP contribution in [0.3, 0.4) is 0 Å². The lowest BCUT2D eigenvalue weighted by Gasteiger charge is -2.35. The van der Waals surface area contributed by atoms with Gasteiger partial charge in [-0.1, -0.05) is 18.7 Å². The third-order valence-corrected chi connectivity index (χ3v) is 5.69. The lowest BCUT2D eigenvalue weighted by Crippen LogP contribution is -2.49. The Bertz CT molecular complexity index is 616. The van der Waals surface area contributed by atoms with Gasteiger partial charge in [0.2, 0.25) is 11.8 Å². The highest BCUT2D eigenvalue weighted by molar-refractivity contribution is 8.00. The summed E-state index contributed by atoms with van der Waals surface area (Å²) in [6.07, 6.45) is 2.87. The first kappa shape index (κ1) is 17.2. The second-order valence-electron chi connectivity index (χ2n) is 6.31. The van der Waals surface area contributed by atoms with Gasteiger partial charge >= 0.3 is 0 Å². The molecule has 1 fully saturated rings. The van der Waals surface area contributed by atoms with Crippen LogP contribution in [0.4, 0.5) is 5.69 Å². The first-order valence-corrected chi connectivity index (χ1v) is 9.37. The smallest absolute Gasteiger partial charge is 0.241 e. The zero-order valence-electron chi connectivity index (χ0n) is 14.3. The van der Waals surface area contributed by atoms with E-state index >= 15 is 0 Å². The maximum Gasteiger partial charge on any atom is 0.241 e. The molecule has 2 aliphatic rings. The van der Waals surface area contributed by atoms with Crippen LogP contribution in [0.1, 0.15) is 19.8 Å². The fourth-order valence-electron chi connectivity index (χ4n) is 3.08. The molecule has 6 nitrogen and oxygen atoms in total. The topological polar surface area (TPSA) is 56.8 Å². The first-order chi connectivity index (χ1) is 11.6. The number of thioether (sulfide) groups is 1. The van der Waals surface area contributed by atoms with E-state index in [1.165, 1.54) is 11.8 Å². The number of fused-ring (bicyclic) bond motifs is 1. The maximum atomic E-state index is 12.8. The SMILES string of the molecule is CCCN1C(=O)C(CC(=O)N2CCN(C)CC2)Sc2ncccc21. The molecule has 0 saturated carbocycles. The van der Waals surface area contributed by atoms with Crippen LogP contribution >= 0.6 is 11.8 Å². The normalized spacial score (nSPS) is 21.8. The summed E-state index contributed by atoms with van der Waals surface area (Å²) in [6, 6.07) is 3.78. The molecule has 1 unspecified atom stereocenters. The lowest BCUT2D eigenvalue weighted by molar-refractivity contribution is -0.134. The number of rotatable bonds is 4. The summed E-state index contributed by atoms with van der Waals surface area (Å²) in [5, 5.41) is 0.479. The largest absolute Gasteiger partial charge is 0.340 e. The van der Waals surface area contributed by atoms with E-state index in [1.54, 1.807) is 11.1 Å². The molecule has 1 saturated heterocycles. The predicted octanol–water partition coefficient (Wildman–Crippen LogP) is 1.46. The fourth-order valence-corrected chi connectivity index (χ4v) is 4.23. The Morgan fingerprint density at radius 1 is 1.33 bits per heavy atom. The molecule has 2 amide bonds. The summed E-state index contributed by atoms with van der Waals surface area (Å²) in [5.41, 5.74) is 0.873. The van der Waals surface area contributed by atoms with Gasteiger partial charge in [-0.05, 0) is 25.6 Å². The molecule has 3 rings (SSSR count). The van der Waals surface area contributed by atoms with Gasteiger partial charge in [-0.25, -0.2) is 4.98 Å². The van der Waals surface area contributed by atoms with Crippen molar-refractivity contribution in [1.29, 1.82) is 0 Å². The number of hydrogen-bond acceptors (Lipinski definition) is 5. The zero-order valence-corrected chi connectivity index (χ0v) is 15.1. The van der Waals surface area contributed by atoms with Gasteiger partial charge in [-0.2, -0.15) is 0 Å². The number of amides is 2. The van der Waals surface area contributed by atoms with Gasteiger partial charge in [0.05, 0.1) is 10.9 Å². The zero-order chi connectivity index (χ0) is 17.1. The van der Waals surface area contributed by atoms with Crippen LogP contribution in [0, 0.1) is 0 Å². The van der Waals surface area contributed by atoms with Gasteiger partial charge < -0.3 is 14.7 Å². The van der Waals surface area contributed by atoms with Crippen molar-refractivity contribution in [2.75, 3.05) is 44.7 Å². The molecule has 24 heavy (non-hydrogen) atoms. The van der Waals surface area contributed by atoms with E-state index in [0.717, 1.165) is 43.3 Å². The number of aromatic nitrogens is 1. The van der Waals surface area contributed by atoms with Crippen LogP contribution in [0.2, 0.25) is 0 Å². The number of likely N-dealkylation sites (N-methyl/N-ethyl adjacent to an activating group) is 1. The van der Waals surface area contributed by atoms with E-state index in [9.17, 15) is 9.59 Å². The molecule has 7 heteroatoms. The van der Waals surface area contributed by atoms with Crippen LogP contribution < -0.4 is 4.90 Å². The number of carbonyl (C=O) groups is 2. The van der Waals surface area contributed by atoms with Crippen LogP contribution in [0.15, 0.2) is 23.4 Å². The van der Waals surface area contributed by atoms with Crippen molar-refractivity contribution < 1.29 is 9.59 Å². The predicted molar refractivity (Wildman–Crippen MR) is 95.2 cm³/mol. The number of nitrogens with zero attached hydrogens (tertiary/aromatic N) is 4. The second kappa shape index (κ2) is 7.53. The number of anilines is 1. The summed E-state index contributed by atoms with van der Waals surface area (Å²) in [5.74, 6) is 0.106. The molecule has 0 aromatic carbocycles. The molecule has 3 heterocycles.